The van der Waals surface area contributed by atoms with Gasteiger partial charge in [-0.1, -0.05) is 36.4 Å². The summed E-state index contributed by atoms with van der Waals surface area (Å²) in [5.41, 5.74) is 2.07. The summed E-state index contributed by atoms with van der Waals surface area (Å²) in [4.78, 5) is 28.0. The molecule has 0 spiro atoms. The minimum Gasteiger partial charge on any atom is -0.481 e. The summed E-state index contributed by atoms with van der Waals surface area (Å²) in [6.07, 6.45) is -0.249. The minimum absolute atomic E-state index is 0.127. The van der Waals surface area contributed by atoms with E-state index in [1.807, 2.05) is 19.1 Å². The number of aliphatic carboxylic acids is 1. The fourth-order valence-corrected chi connectivity index (χ4v) is 3.59. The van der Waals surface area contributed by atoms with Crippen molar-refractivity contribution in [2.24, 2.45) is 0 Å². The van der Waals surface area contributed by atoms with Crippen LogP contribution < -0.4 is 5.32 Å². The predicted molar refractivity (Wildman–Crippen MR) is 101 cm³/mol. The van der Waals surface area contributed by atoms with Crippen molar-refractivity contribution in [2.45, 2.75) is 19.4 Å². The van der Waals surface area contributed by atoms with Gasteiger partial charge in [-0.3, -0.25) is 9.59 Å². The fraction of sp³-hybridized carbons (Fsp3) is 0.150. The quantitative estimate of drug-likeness (QED) is 0.667. The Labute approximate surface area is 159 Å². The fourth-order valence-electron chi connectivity index (χ4n) is 2.76. The number of carbonyl (C=O) groups excluding carboxylic acids is 1. The van der Waals surface area contributed by atoms with Crippen molar-refractivity contribution in [3.63, 3.8) is 0 Å². The highest BCUT2D eigenvalue weighted by Gasteiger charge is 2.22. The number of carboxylic acids is 1. The van der Waals surface area contributed by atoms with E-state index < -0.39 is 23.7 Å². The number of nitrogens with zero attached hydrogens (tertiary/aromatic N) is 1. The number of halogens is 1. The van der Waals surface area contributed by atoms with Gasteiger partial charge in [0, 0.05) is 10.9 Å². The van der Waals surface area contributed by atoms with Crippen molar-refractivity contribution in [1.29, 1.82) is 0 Å². The van der Waals surface area contributed by atoms with Crippen LogP contribution in [0.5, 0.6) is 0 Å². The van der Waals surface area contributed by atoms with Gasteiger partial charge in [-0.05, 0) is 30.2 Å². The maximum atomic E-state index is 13.9. The summed E-state index contributed by atoms with van der Waals surface area (Å²) >= 11 is 1.16. The first-order valence-corrected chi connectivity index (χ1v) is 9.12. The third-order valence-corrected chi connectivity index (χ3v) is 4.96. The number of carbonyl (C=O) groups is 2. The van der Waals surface area contributed by atoms with E-state index in [2.05, 4.69) is 10.3 Å². The summed E-state index contributed by atoms with van der Waals surface area (Å²) in [7, 11) is 0. The summed E-state index contributed by atoms with van der Waals surface area (Å²) in [6, 6.07) is 12.8. The number of carboxylic acid groups (broad SMARTS) is 1. The molecule has 3 aromatic rings. The third kappa shape index (κ3) is 4.38. The molecular formula is C20H17FN2O3S. The van der Waals surface area contributed by atoms with Crippen LogP contribution in [0.2, 0.25) is 0 Å². The predicted octanol–water partition coefficient (Wildman–Crippen LogP) is 4.20. The summed E-state index contributed by atoms with van der Waals surface area (Å²) in [5, 5.41) is 13.9. The molecule has 0 aliphatic carbocycles. The number of hydrogen-bond donors (Lipinski definition) is 2. The normalized spacial score (nSPS) is 11.8. The van der Waals surface area contributed by atoms with Crippen molar-refractivity contribution in [3.05, 3.63) is 76.5 Å². The molecule has 3 rings (SSSR count). The lowest BCUT2D eigenvalue weighted by molar-refractivity contribution is -0.137. The van der Waals surface area contributed by atoms with Crippen molar-refractivity contribution >= 4 is 23.2 Å². The van der Waals surface area contributed by atoms with Gasteiger partial charge in [0.2, 0.25) is 0 Å². The average molecular weight is 384 g/mol. The average Bonchev–Trinajstić information content (AvgIpc) is 3.11. The molecule has 0 saturated carbocycles. The summed E-state index contributed by atoms with van der Waals surface area (Å²) in [6.45, 7) is 1.86. The molecule has 0 fully saturated rings. The molecule has 0 aliphatic rings. The molecule has 0 bridgehead atoms. The Morgan fingerprint density at radius 3 is 2.59 bits per heavy atom. The van der Waals surface area contributed by atoms with Crippen LogP contribution in [-0.2, 0) is 4.79 Å². The van der Waals surface area contributed by atoms with Crippen LogP contribution in [-0.4, -0.2) is 22.0 Å². The van der Waals surface area contributed by atoms with Gasteiger partial charge in [-0.25, -0.2) is 9.37 Å². The van der Waals surface area contributed by atoms with Crippen molar-refractivity contribution in [2.75, 3.05) is 0 Å². The number of aromatic nitrogens is 1. The molecule has 1 aromatic heterocycles. The molecule has 0 unspecified atom stereocenters. The molecule has 0 radical (unpaired) electrons. The zero-order chi connectivity index (χ0) is 19.4. The van der Waals surface area contributed by atoms with Gasteiger partial charge >= 0.3 is 5.97 Å². The number of benzene rings is 2. The molecule has 2 N–H and O–H groups in total. The molecule has 2 aromatic carbocycles. The van der Waals surface area contributed by atoms with Crippen LogP contribution in [0.15, 0.2) is 53.9 Å². The zero-order valence-corrected chi connectivity index (χ0v) is 15.3. The first-order chi connectivity index (χ1) is 13.0. The van der Waals surface area contributed by atoms with E-state index in [0.29, 0.717) is 10.6 Å². The van der Waals surface area contributed by atoms with Gasteiger partial charge in [-0.15, -0.1) is 11.3 Å². The van der Waals surface area contributed by atoms with E-state index in [1.165, 1.54) is 11.4 Å². The second-order valence-electron chi connectivity index (χ2n) is 6.00. The third-order valence-electron chi connectivity index (χ3n) is 4.09. The maximum Gasteiger partial charge on any atom is 0.305 e. The highest BCUT2D eigenvalue weighted by Crippen LogP contribution is 2.27. The van der Waals surface area contributed by atoms with E-state index in [-0.39, 0.29) is 12.1 Å². The van der Waals surface area contributed by atoms with Gasteiger partial charge in [0.15, 0.2) is 0 Å². The topological polar surface area (TPSA) is 79.3 Å². The highest BCUT2D eigenvalue weighted by atomic mass is 32.1. The van der Waals surface area contributed by atoms with Crippen LogP contribution in [0.25, 0.3) is 10.6 Å². The van der Waals surface area contributed by atoms with E-state index in [4.69, 9.17) is 0 Å². The number of hydrogen-bond acceptors (Lipinski definition) is 4. The smallest absolute Gasteiger partial charge is 0.305 e. The summed E-state index contributed by atoms with van der Waals surface area (Å²) in [5.74, 6) is -1.93. The van der Waals surface area contributed by atoms with Crippen molar-refractivity contribution < 1.29 is 19.1 Å². The lowest BCUT2D eigenvalue weighted by Gasteiger charge is -2.18. The van der Waals surface area contributed by atoms with Gasteiger partial charge in [0.05, 0.1) is 12.5 Å². The van der Waals surface area contributed by atoms with Crippen LogP contribution in [0.4, 0.5) is 4.39 Å². The van der Waals surface area contributed by atoms with Crippen LogP contribution in [0.3, 0.4) is 0 Å². The van der Waals surface area contributed by atoms with Crippen molar-refractivity contribution in [1.82, 2.24) is 10.3 Å². The zero-order valence-electron chi connectivity index (χ0n) is 14.5. The van der Waals surface area contributed by atoms with E-state index in [9.17, 15) is 19.1 Å². The monoisotopic (exact) mass is 384 g/mol. The molecular weight excluding hydrogens is 367 g/mol. The molecule has 138 valence electrons. The summed E-state index contributed by atoms with van der Waals surface area (Å²) < 4.78 is 13.9. The molecule has 0 saturated heterocycles. The number of amides is 1. The van der Waals surface area contributed by atoms with E-state index in [0.717, 1.165) is 22.5 Å². The lowest BCUT2D eigenvalue weighted by atomic mass is 9.98. The first-order valence-electron chi connectivity index (χ1n) is 8.24. The minimum atomic E-state index is -1.02. The molecule has 1 amide bonds. The number of thiazole rings is 1. The Bertz CT molecular complexity index is 987. The Kier molecular flexibility index (Phi) is 5.61. The lowest BCUT2D eigenvalue weighted by Crippen LogP contribution is -2.30. The highest BCUT2D eigenvalue weighted by molar-refractivity contribution is 7.13. The van der Waals surface area contributed by atoms with E-state index >= 15 is 0 Å². The van der Waals surface area contributed by atoms with Gasteiger partial charge < -0.3 is 10.4 Å². The Balaban J connectivity index is 1.83. The molecule has 0 aliphatic heterocycles. The van der Waals surface area contributed by atoms with Gasteiger partial charge in [0.1, 0.15) is 16.5 Å². The van der Waals surface area contributed by atoms with Crippen LogP contribution in [0.1, 0.15) is 34.1 Å². The Morgan fingerprint density at radius 2 is 1.89 bits per heavy atom. The molecule has 27 heavy (non-hydrogen) atoms. The standard InChI is InChI=1S/C20H17FN2O3S/c1-12-6-2-3-7-13(12)16(10-18(24)25)22-19(26)17-11-27-20(23-17)14-8-4-5-9-15(14)21/h2-9,11,16H,10H2,1H3,(H,22,26)(H,24,25)/t16-/m0/s1. The molecule has 1 atom stereocenters. The molecule has 7 heteroatoms. The second-order valence-corrected chi connectivity index (χ2v) is 6.86. The second kappa shape index (κ2) is 8.09. The van der Waals surface area contributed by atoms with Gasteiger partial charge in [0.25, 0.3) is 5.91 Å². The van der Waals surface area contributed by atoms with Crippen molar-refractivity contribution in [3.8, 4) is 10.6 Å². The van der Waals surface area contributed by atoms with Gasteiger partial charge in [-0.2, -0.15) is 0 Å². The van der Waals surface area contributed by atoms with Crippen LogP contribution in [0, 0.1) is 12.7 Å². The number of aryl methyl sites for hydroxylation is 1. The molecule has 5 nitrogen and oxygen atoms in total. The maximum absolute atomic E-state index is 13.9. The largest absolute Gasteiger partial charge is 0.481 e. The Morgan fingerprint density at radius 1 is 1.19 bits per heavy atom. The Hall–Kier alpha value is -3.06. The van der Waals surface area contributed by atoms with Crippen LogP contribution >= 0.6 is 11.3 Å². The number of rotatable bonds is 6. The molecule has 1 heterocycles. The first kappa shape index (κ1) is 18.7. The number of nitrogens with one attached hydrogen (secondary N) is 1. The SMILES string of the molecule is Cc1ccccc1[C@H](CC(=O)O)NC(=O)c1csc(-c2ccccc2F)n1. The van der Waals surface area contributed by atoms with E-state index in [1.54, 1.807) is 30.3 Å².